The molecule has 0 spiro atoms. The third kappa shape index (κ3) is 3.94. The summed E-state index contributed by atoms with van der Waals surface area (Å²) in [6.07, 6.45) is 1.54. The van der Waals surface area contributed by atoms with Gasteiger partial charge in [0.15, 0.2) is 0 Å². The average Bonchev–Trinajstić information content (AvgIpc) is 2.22. The van der Waals surface area contributed by atoms with Crippen molar-refractivity contribution in [3.8, 4) is 0 Å². The van der Waals surface area contributed by atoms with E-state index in [2.05, 4.69) is 0 Å². The summed E-state index contributed by atoms with van der Waals surface area (Å²) < 4.78 is 4.73. The molecular weight excluding hydrogens is 235 g/mol. The van der Waals surface area contributed by atoms with Crippen LogP contribution in [0.3, 0.4) is 0 Å². The Hall–Kier alpha value is -0.990. The fourth-order valence-corrected chi connectivity index (χ4v) is 1.27. The van der Waals surface area contributed by atoms with Crippen LogP contribution in [-0.2, 0) is 9.53 Å². The van der Waals surface area contributed by atoms with Crippen LogP contribution in [-0.4, -0.2) is 12.6 Å². The van der Waals surface area contributed by atoms with Crippen molar-refractivity contribution in [3.63, 3.8) is 0 Å². The maximum atomic E-state index is 11.2. The van der Waals surface area contributed by atoms with E-state index in [1.54, 1.807) is 31.2 Å². The Kier molecular flexibility index (Phi) is 4.66. The molecule has 0 saturated carbocycles. The summed E-state index contributed by atoms with van der Waals surface area (Å²) in [6, 6.07) is 6.99. The van der Waals surface area contributed by atoms with E-state index in [0.29, 0.717) is 11.6 Å². The molecule has 0 aliphatic carbocycles. The van der Waals surface area contributed by atoms with E-state index in [0.717, 1.165) is 5.56 Å². The van der Waals surface area contributed by atoms with Crippen LogP contribution in [0.1, 0.15) is 12.5 Å². The summed E-state index contributed by atoms with van der Waals surface area (Å²) in [7, 11) is 0. The average molecular weight is 245 g/mol. The monoisotopic (exact) mass is 244 g/mol. The number of halogens is 2. The van der Waals surface area contributed by atoms with Gasteiger partial charge in [-0.25, -0.2) is 4.79 Å². The number of ether oxygens (including phenoxy) is 1. The molecule has 0 aliphatic rings. The molecule has 0 atom stereocenters. The first-order valence-electron chi connectivity index (χ1n) is 4.43. The van der Waals surface area contributed by atoms with Crippen molar-refractivity contribution >= 4 is 35.2 Å². The van der Waals surface area contributed by atoms with Gasteiger partial charge in [0, 0.05) is 5.02 Å². The lowest BCUT2D eigenvalue weighted by Crippen LogP contribution is -2.03. The largest absolute Gasteiger partial charge is 0.462 e. The Morgan fingerprint density at radius 1 is 1.40 bits per heavy atom. The quantitative estimate of drug-likeness (QED) is 0.601. The number of hydrogen-bond acceptors (Lipinski definition) is 2. The van der Waals surface area contributed by atoms with Crippen LogP contribution in [0.5, 0.6) is 0 Å². The lowest BCUT2D eigenvalue weighted by molar-refractivity contribution is -0.137. The SMILES string of the molecule is CCOC(=O)/C(Cl)=C/c1ccc(Cl)cc1. The molecule has 1 aromatic carbocycles. The summed E-state index contributed by atoms with van der Waals surface area (Å²) >= 11 is 11.5. The first-order chi connectivity index (χ1) is 7.13. The van der Waals surface area contributed by atoms with E-state index < -0.39 is 5.97 Å². The second kappa shape index (κ2) is 5.79. The fourth-order valence-electron chi connectivity index (χ4n) is 0.964. The van der Waals surface area contributed by atoms with Gasteiger partial charge in [0.1, 0.15) is 5.03 Å². The van der Waals surface area contributed by atoms with Gasteiger partial charge in [0.2, 0.25) is 0 Å². The van der Waals surface area contributed by atoms with E-state index in [4.69, 9.17) is 27.9 Å². The maximum absolute atomic E-state index is 11.2. The summed E-state index contributed by atoms with van der Waals surface area (Å²) in [6.45, 7) is 2.04. The van der Waals surface area contributed by atoms with E-state index in [1.807, 2.05) is 0 Å². The Balaban J connectivity index is 2.78. The number of hydrogen-bond donors (Lipinski definition) is 0. The van der Waals surface area contributed by atoms with Crippen LogP contribution in [0.2, 0.25) is 5.02 Å². The molecule has 0 heterocycles. The number of rotatable bonds is 3. The molecule has 2 nitrogen and oxygen atoms in total. The molecule has 1 rings (SSSR count). The van der Waals surface area contributed by atoms with Crippen molar-refractivity contribution in [2.24, 2.45) is 0 Å². The topological polar surface area (TPSA) is 26.3 Å². The predicted molar refractivity (Wildman–Crippen MR) is 61.9 cm³/mol. The number of esters is 1. The zero-order valence-corrected chi connectivity index (χ0v) is 9.68. The van der Waals surface area contributed by atoms with E-state index in [-0.39, 0.29) is 5.03 Å². The Bertz CT molecular complexity index is 369. The molecule has 0 amide bonds. The standard InChI is InChI=1S/C11H10Cl2O2/c1-2-15-11(14)10(13)7-8-3-5-9(12)6-4-8/h3-7H,2H2,1H3/b10-7-. The van der Waals surface area contributed by atoms with Gasteiger partial charge in [-0.1, -0.05) is 35.3 Å². The van der Waals surface area contributed by atoms with Crippen LogP contribution in [0.25, 0.3) is 6.08 Å². The van der Waals surface area contributed by atoms with Gasteiger partial charge in [-0.15, -0.1) is 0 Å². The molecule has 4 heteroatoms. The minimum absolute atomic E-state index is 0.0548. The summed E-state index contributed by atoms with van der Waals surface area (Å²) in [5.74, 6) is -0.519. The first kappa shape index (κ1) is 12.1. The zero-order valence-electron chi connectivity index (χ0n) is 8.17. The Morgan fingerprint density at radius 3 is 2.53 bits per heavy atom. The van der Waals surface area contributed by atoms with Crippen LogP contribution >= 0.6 is 23.2 Å². The Morgan fingerprint density at radius 2 is 2.00 bits per heavy atom. The molecule has 0 aromatic heterocycles. The molecule has 0 N–H and O–H groups in total. The summed E-state index contributed by atoms with van der Waals surface area (Å²) in [5, 5.41) is 0.693. The van der Waals surface area contributed by atoms with Crippen molar-refractivity contribution in [1.29, 1.82) is 0 Å². The highest BCUT2D eigenvalue weighted by atomic mass is 35.5. The molecule has 0 aliphatic heterocycles. The van der Waals surface area contributed by atoms with Crippen LogP contribution in [0, 0.1) is 0 Å². The van der Waals surface area contributed by atoms with Gasteiger partial charge in [0.25, 0.3) is 0 Å². The first-order valence-corrected chi connectivity index (χ1v) is 5.19. The highest BCUT2D eigenvalue weighted by molar-refractivity contribution is 6.43. The Labute approximate surface area is 98.4 Å². The van der Waals surface area contributed by atoms with Gasteiger partial charge in [-0.3, -0.25) is 0 Å². The lowest BCUT2D eigenvalue weighted by Gasteiger charge is -1.99. The smallest absolute Gasteiger partial charge is 0.349 e. The van der Waals surface area contributed by atoms with Crippen LogP contribution in [0.4, 0.5) is 0 Å². The van der Waals surface area contributed by atoms with Crippen molar-refractivity contribution in [3.05, 3.63) is 39.9 Å². The minimum Gasteiger partial charge on any atom is -0.462 e. The van der Waals surface area contributed by atoms with Crippen molar-refractivity contribution < 1.29 is 9.53 Å². The third-order valence-corrected chi connectivity index (χ3v) is 2.15. The molecule has 0 fully saturated rings. The van der Waals surface area contributed by atoms with Crippen molar-refractivity contribution in [2.45, 2.75) is 6.92 Å². The molecule has 0 unspecified atom stereocenters. The van der Waals surface area contributed by atoms with E-state index in [9.17, 15) is 4.79 Å². The number of carbonyl (C=O) groups excluding carboxylic acids is 1. The minimum atomic E-state index is -0.519. The number of benzene rings is 1. The second-order valence-corrected chi connectivity index (χ2v) is 3.61. The summed E-state index contributed by atoms with van der Waals surface area (Å²) in [4.78, 5) is 11.2. The fraction of sp³-hybridized carbons (Fsp3) is 0.182. The van der Waals surface area contributed by atoms with Gasteiger partial charge in [-0.2, -0.15) is 0 Å². The predicted octanol–water partition coefficient (Wildman–Crippen LogP) is 3.48. The molecule has 0 bridgehead atoms. The van der Waals surface area contributed by atoms with Gasteiger partial charge in [-0.05, 0) is 30.7 Å². The van der Waals surface area contributed by atoms with E-state index >= 15 is 0 Å². The highest BCUT2D eigenvalue weighted by Crippen LogP contribution is 2.15. The lowest BCUT2D eigenvalue weighted by atomic mass is 10.2. The maximum Gasteiger partial charge on any atom is 0.349 e. The van der Waals surface area contributed by atoms with Crippen molar-refractivity contribution in [2.75, 3.05) is 6.61 Å². The second-order valence-electron chi connectivity index (χ2n) is 2.76. The third-order valence-electron chi connectivity index (χ3n) is 1.63. The highest BCUT2D eigenvalue weighted by Gasteiger charge is 2.06. The zero-order chi connectivity index (χ0) is 11.3. The molecule has 0 radical (unpaired) electrons. The molecule has 1 aromatic rings. The molecule has 80 valence electrons. The van der Waals surface area contributed by atoms with Crippen LogP contribution in [0.15, 0.2) is 29.3 Å². The van der Waals surface area contributed by atoms with Crippen LogP contribution < -0.4 is 0 Å². The molecule has 15 heavy (non-hydrogen) atoms. The molecule has 0 saturated heterocycles. The van der Waals surface area contributed by atoms with Gasteiger partial charge < -0.3 is 4.74 Å². The normalized spacial score (nSPS) is 11.3. The summed E-state index contributed by atoms with van der Waals surface area (Å²) in [5.41, 5.74) is 0.803. The molecular formula is C11H10Cl2O2. The van der Waals surface area contributed by atoms with Gasteiger partial charge in [0.05, 0.1) is 6.61 Å². The van der Waals surface area contributed by atoms with E-state index in [1.165, 1.54) is 6.08 Å². The van der Waals surface area contributed by atoms with Crippen molar-refractivity contribution in [1.82, 2.24) is 0 Å². The van der Waals surface area contributed by atoms with Gasteiger partial charge >= 0.3 is 5.97 Å². The number of carbonyl (C=O) groups is 1.